The summed E-state index contributed by atoms with van der Waals surface area (Å²) in [6.07, 6.45) is 4.22. The van der Waals surface area contributed by atoms with Crippen LogP contribution in [0.1, 0.15) is 41.8 Å². The van der Waals surface area contributed by atoms with E-state index in [9.17, 15) is 0 Å². The second-order valence-corrected chi connectivity index (χ2v) is 7.03. The molecule has 114 valence electrons. The van der Waals surface area contributed by atoms with Gasteiger partial charge in [-0.3, -0.25) is 0 Å². The molecular weight excluding hydrogens is 306 g/mol. The number of aromatic nitrogens is 4. The molecule has 1 aliphatic rings. The zero-order valence-electron chi connectivity index (χ0n) is 12.0. The van der Waals surface area contributed by atoms with Crippen LogP contribution >= 0.6 is 23.1 Å². The molecule has 3 heterocycles. The Bertz CT molecular complexity index is 591. The van der Waals surface area contributed by atoms with E-state index < -0.39 is 0 Å². The first kappa shape index (κ1) is 14.8. The molecule has 0 radical (unpaired) electrons. The highest BCUT2D eigenvalue weighted by molar-refractivity contribution is 7.99. The number of thiazole rings is 1. The van der Waals surface area contributed by atoms with Gasteiger partial charge in [0.1, 0.15) is 6.10 Å². The summed E-state index contributed by atoms with van der Waals surface area (Å²) >= 11 is 3.32. The first-order valence-corrected chi connectivity index (χ1v) is 8.96. The number of hydrogen-bond acceptors (Lipinski definition) is 7. The van der Waals surface area contributed by atoms with Crippen LogP contribution in [0.4, 0.5) is 0 Å². The van der Waals surface area contributed by atoms with Gasteiger partial charge in [0.05, 0.1) is 11.2 Å². The number of rotatable bonds is 5. The third-order valence-corrected chi connectivity index (χ3v) is 5.50. The first-order chi connectivity index (χ1) is 10.3. The molecule has 2 aromatic rings. The van der Waals surface area contributed by atoms with Crippen molar-refractivity contribution < 1.29 is 4.74 Å². The van der Waals surface area contributed by atoms with E-state index in [-0.39, 0.29) is 6.10 Å². The molecule has 8 heteroatoms. The number of hydrogen-bond donors (Lipinski definition) is 1. The van der Waals surface area contributed by atoms with Gasteiger partial charge in [-0.05, 0) is 32.6 Å². The predicted molar refractivity (Wildman–Crippen MR) is 84.0 cm³/mol. The Balaban J connectivity index is 1.58. The molecule has 3 rings (SSSR count). The smallest absolute Gasteiger partial charge is 0.209 e. The molecule has 6 nitrogen and oxygen atoms in total. The Hall–Kier alpha value is -1.12. The van der Waals surface area contributed by atoms with Crippen molar-refractivity contribution in [3.05, 3.63) is 21.9 Å². The zero-order chi connectivity index (χ0) is 14.7. The van der Waals surface area contributed by atoms with Crippen molar-refractivity contribution in [2.45, 2.75) is 43.9 Å². The normalized spacial score (nSPS) is 19.0. The fourth-order valence-corrected chi connectivity index (χ4v) is 4.08. The molecule has 0 unspecified atom stereocenters. The average molecular weight is 325 g/mol. The van der Waals surface area contributed by atoms with Gasteiger partial charge in [-0.25, -0.2) is 9.66 Å². The van der Waals surface area contributed by atoms with Gasteiger partial charge >= 0.3 is 0 Å². The van der Waals surface area contributed by atoms with E-state index in [1.54, 1.807) is 27.8 Å². The summed E-state index contributed by atoms with van der Waals surface area (Å²) in [5.74, 6) is 7.77. The van der Waals surface area contributed by atoms with Crippen LogP contribution in [0.15, 0.2) is 10.7 Å². The Morgan fingerprint density at radius 3 is 3.10 bits per heavy atom. The summed E-state index contributed by atoms with van der Waals surface area (Å²) in [5, 5.41) is 9.15. The number of aryl methyl sites for hydroxylation is 2. The molecule has 1 aliphatic heterocycles. The molecule has 0 spiro atoms. The minimum absolute atomic E-state index is 0.00524. The Kier molecular flexibility index (Phi) is 4.77. The maximum absolute atomic E-state index is 6.10. The lowest BCUT2D eigenvalue weighted by Crippen LogP contribution is -2.21. The third kappa shape index (κ3) is 3.38. The van der Waals surface area contributed by atoms with Crippen LogP contribution in [0.2, 0.25) is 0 Å². The summed E-state index contributed by atoms with van der Waals surface area (Å²) in [4.78, 5) is 5.58. The van der Waals surface area contributed by atoms with Crippen LogP contribution < -0.4 is 5.84 Å². The van der Waals surface area contributed by atoms with Gasteiger partial charge in [-0.15, -0.1) is 21.5 Å². The van der Waals surface area contributed by atoms with Crippen molar-refractivity contribution in [3.8, 4) is 0 Å². The molecule has 1 atom stereocenters. The molecule has 1 fully saturated rings. The molecule has 1 saturated heterocycles. The van der Waals surface area contributed by atoms with Crippen LogP contribution in [0.3, 0.4) is 0 Å². The lowest BCUT2D eigenvalue weighted by molar-refractivity contribution is 0.00780. The number of nitrogen functional groups attached to an aromatic ring is 1. The van der Waals surface area contributed by atoms with Crippen molar-refractivity contribution in [2.75, 3.05) is 18.2 Å². The minimum atomic E-state index is -0.00524. The SMILES string of the molecule is Cc1ncsc1CCSc1nnc([C@@H]2CCCCO2)n1N. The summed E-state index contributed by atoms with van der Waals surface area (Å²) in [6.45, 7) is 2.82. The van der Waals surface area contributed by atoms with E-state index in [0.717, 1.165) is 54.7 Å². The van der Waals surface area contributed by atoms with E-state index in [1.165, 1.54) is 4.88 Å². The van der Waals surface area contributed by atoms with Gasteiger partial charge < -0.3 is 10.6 Å². The second kappa shape index (κ2) is 6.76. The molecule has 0 aliphatic carbocycles. The molecule has 0 saturated carbocycles. The van der Waals surface area contributed by atoms with Gasteiger partial charge in [-0.2, -0.15) is 0 Å². The molecule has 0 bridgehead atoms. The fourth-order valence-electron chi connectivity index (χ4n) is 2.35. The van der Waals surface area contributed by atoms with Crippen molar-refractivity contribution >= 4 is 23.1 Å². The summed E-state index contributed by atoms with van der Waals surface area (Å²) in [7, 11) is 0. The van der Waals surface area contributed by atoms with Crippen LogP contribution in [0.25, 0.3) is 0 Å². The third-order valence-electron chi connectivity index (χ3n) is 3.56. The zero-order valence-corrected chi connectivity index (χ0v) is 13.6. The van der Waals surface area contributed by atoms with E-state index >= 15 is 0 Å². The molecule has 0 aromatic carbocycles. The summed E-state index contributed by atoms with van der Waals surface area (Å²) < 4.78 is 7.30. The lowest BCUT2D eigenvalue weighted by Gasteiger charge is -2.21. The number of ether oxygens (including phenoxy) is 1. The quantitative estimate of drug-likeness (QED) is 0.671. The van der Waals surface area contributed by atoms with E-state index in [2.05, 4.69) is 15.2 Å². The van der Waals surface area contributed by atoms with Crippen LogP contribution in [0.5, 0.6) is 0 Å². The fraction of sp³-hybridized carbons (Fsp3) is 0.615. The lowest BCUT2D eigenvalue weighted by atomic mass is 10.1. The Morgan fingerprint density at radius 2 is 2.38 bits per heavy atom. The predicted octanol–water partition coefficient (Wildman–Crippen LogP) is 2.33. The highest BCUT2D eigenvalue weighted by Crippen LogP contribution is 2.28. The van der Waals surface area contributed by atoms with Crippen molar-refractivity contribution in [2.24, 2.45) is 0 Å². The maximum atomic E-state index is 6.10. The van der Waals surface area contributed by atoms with Crippen molar-refractivity contribution in [3.63, 3.8) is 0 Å². The largest absolute Gasteiger partial charge is 0.370 e. The van der Waals surface area contributed by atoms with Crippen molar-refractivity contribution in [1.82, 2.24) is 19.9 Å². The number of nitrogens with zero attached hydrogens (tertiary/aromatic N) is 4. The standard InChI is InChI=1S/C13H19N5OS2/c1-9-11(21-8-15-9)5-7-20-13-17-16-12(18(13)14)10-4-2-3-6-19-10/h8,10H,2-7,14H2,1H3/t10-/m0/s1. The van der Waals surface area contributed by atoms with Gasteiger partial charge in [0.2, 0.25) is 5.16 Å². The summed E-state index contributed by atoms with van der Waals surface area (Å²) in [6, 6.07) is 0. The van der Waals surface area contributed by atoms with Gasteiger partial charge in [0.15, 0.2) is 5.82 Å². The minimum Gasteiger partial charge on any atom is -0.370 e. The molecular formula is C13H19N5OS2. The van der Waals surface area contributed by atoms with Crippen LogP contribution in [0, 0.1) is 6.92 Å². The van der Waals surface area contributed by atoms with Crippen LogP contribution in [-0.2, 0) is 11.2 Å². The molecule has 2 aromatic heterocycles. The highest BCUT2D eigenvalue weighted by Gasteiger charge is 2.23. The van der Waals surface area contributed by atoms with E-state index in [0.29, 0.717) is 0 Å². The second-order valence-electron chi connectivity index (χ2n) is 5.03. The molecule has 2 N–H and O–H groups in total. The van der Waals surface area contributed by atoms with Crippen molar-refractivity contribution in [1.29, 1.82) is 0 Å². The average Bonchev–Trinajstić information content (AvgIpc) is 3.07. The van der Waals surface area contributed by atoms with E-state index in [1.807, 2.05) is 12.4 Å². The van der Waals surface area contributed by atoms with Gasteiger partial charge in [0.25, 0.3) is 0 Å². The first-order valence-electron chi connectivity index (χ1n) is 7.09. The Labute approximate surface area is 132 Å². The van der Waals surface area contributed by atoms with Gasteiger partial charge in [-0.1, -0.05) is 11.8 Å². The Morgan fingerprint density at radius 1 is 1.48 bits per heavy atom. The van der Waals surface area contributed by atoms with Crippen LogP contribution in [-0.4, -0.2) is 32.2 Å². The molecule has 21 heavy (non-hydrogen) atoms. The highest BCUT2D eigenvalue weighted by atomic mass is 32.2. The monoisotopic (exact) mass is 325 g/mol. The van der Waals surface area contributed by atoms with E-state index in [4.69, 9.17) is 10.6 Å². The molecule has 0 amide bonds. The number of nitrogens with two attached hydrogens (primary N) is 1. The topological polar surface area (TPSA) is 78.9 Å². The number of thioether (sulfide) groups is 1. The maximum Gasteiger partial charge on any atom is 0.209 e. The van der Waals surface area contributed by atoms with Gasteiger partial charge in [0, 0.05) is 17.2 Å². The summed E-state index contributed by atoms with van der Waals surface area (Å²) in [5.41, 5.74) is 3.00.